The van der Waals surface area contributed by atoms with E-state index in [2.05, 4.69) is 84.4 Å². The van der Waals surface area contributed by atoms with Gasteiger partial charge in [-0.1, -0.05) is 59.7 Å². The van der Waals surface area contributed by atoms with Gasteiger partial charge in [0.15, 0.2) is 5.11 Å². The normalized spacial score (nSPS) is 21.2. The van der Waals surface area contributed by atoms with E-state index in [4.69, 9.17) is 12.2 Å². The van der Waals surface area contributed by atoms with Crippen molar-refractivity contribution in [3.63, 3.8) is 0 Å². The van der Waals surface area contributed by atoms with Gasteiger partial charge in [0.2, 0.25) is 0 Å². The van der Waals surface area contributed by atoms with Crippen LogP contribution in [0.2, 0.25) is 0 Å². The second kappa shape index (κ2) is 7.06. The second-order valence-electron chi connectivity index (χ2n) is 7.03. The summed E-state index contributed by atoms with van der Waals surface area (Å²) in [4.78, 5) is 0. The quantitative estimate of drug-likeness (QED) is 0.712. The van der Waals surface area contributed by atoms with Crippen LogP contribution in [-0.4, -0.2) is 18.2 Å². The van der Waals surface area contributed by atoms with Gasteiger partial charge in [0.1, 0.15) is 0 Å². The molecule has 2 aliphatic heterocycles. The van der Waals surface area contributed by atoms with Gasteiger partial charge in [0.05, 0.1) is 6.04 Å². The van der Waals surface area contributed by atoms with Crippen LogP contribution in [0.15, 0.2) is 65.4 Å². The third-order valence-corrected chi connectivity index (χ3v) is 5.18. The smallest absolute Gasteiger partial charge is 0.171 e. The third kappa shape index (κ3) is 3.43. The van der Waals surface area contributed by atoms with E-state index in [9.17, 15) is 0 Å². The highest BCUT2D eigenvalue weighted by Gasteiger charge is 2.30. The van der Waals surface area contributed by atoms with E-state index in [1.807, 2.05) is 0 Å². The average Bonchev–Trinajstić information content (AvgIpc) is 2.64. The van der Waals surface area contributed by atoms with Crippen LogP contribution in [0.3, 0.4) is 0 Å². The van der Waals surface area contributed by atoms with E-state index >= 15 is 0 Å². The lowest BCUT2D eigenvalue weighted by Gasteiger charge is -2.36. The molecule has 2 aromatic carbocycles. The highest BCUT2D eigenvalue weighted by atomic mass is 32.1. The molecule has 3 nitrogen and oxygen atoms in total. The first-order valence-corrected chi connectivity index (χ1v) is 9.36. The van der Waals surface area contributed by atoms with Gasteiger partial charge in [-0.25, -0.2) is 0 Å². The maximum Gasteiger partial charge on any atom is 0.171 e. The van der Waals surface area contributed by atoms with Crippen LogP contribution >= 0.6 is 12.2 Å². The van der Waals surface area contributed by atoms with Gasteiger partial charge in [0, 0.05) is 18.8 Å². The Balaban J connectivity index is 1.75. The number of hydrogen-bond donors (Lipinski definition) is 3. The zero-order valence-corrected chi connectivity index (χ0v) is 15.9. The highest BCUT2D eigenvalue weighted by molar-refractivity contribution is 7.80. The SMILES string of the molecule is Cc1ccc(/C=C2\CNCC3=C2NC(=S)NC3c2ccc(C)cc2)cc1. The summed E-state index contributed by atoms with van der Waals surface area (Å²) in [5.41, 5.74) is 8.71. The van der Waals surface area contributed by atoms with E-state index in [-0.39, 0.29) is 6.04 Å². The van der Waals surface area contributed by atoms with Crippen molar-refractivity contribution in [3.05, 3.63) is 87.6 Å². The maximum atomic E-state index is 5.51. The van der Waals surface area contributed by atoms with Crippen LogP contribution in [0.5, 0.6) is 0 Å². The van der Waals surface area contributed by atoms with Crippen molar-refractivity contribution in [1.29, 1.82) is 0 Å². The maximum absolute atomic E-state index is 5.51. The molecule has 4 heteroatoms. The largest absolute Gasteiger partial charge is 0.352 e. The fraction of sp³-hybridized carbons (Fsp3) is 0.227. The molecule has 0 saturated carbocycles. The molecule has 132 valence electrons. The van der Waals surface area contributed by atoms with Gasteiger partial charge < -0.3 is 16.0 Å². The van der Waals surface area contributed by atoms with E-state index in [1.165, 1.54) is 39.1 Å². The van der Waals surface area contributed by atoms with Crippen molar-refractivity contribution in [1.82, 2.24) is 16.0 Å². The molecule has 0 amide bonds. The lowest BCUT2D eigenvalue weighted by Crippen LogP contribution is -2.49. The van der Waals surface area contributed by atoms with Crippen molar-refractivity contribution in [2.45, 2.75) is 19.9 Å². The molecule has 1 atom stereocenters. The Hall–Kier alpha value is -2.43. The molecule has 0 aliphatic carbocycles. The van der Waals surface area contributed by atoms with Crippen molar-refractivity contribution in [3.8, 4) is 0 Å². The van der Waals surface area contributed by atoms with Crippen LogP contribution in [0.25, 0.3) is 6.08 Å². The zero-order valence-electron chi connectivity index (χ0n) is 15.1. The number of rotatable bonds is 2. The van der Waals surface area contributed by atoms with Crippen molar-refractivity contribution in [2.75, 3.05) is 13.1 Å². The van der Waals surface area contributed by atoms with Gasteiger partial charge in [-0.3, -0.25) is 0 Å². The Kier molecular flexibility index (Phi) is 4.62. The topological polar surface area (TPSA) is 36.1 Å². The van der Waals surface area contributed by atoms with Gasteiger partial charge >= 0.3 is 0 Å². The molecular weight excluding hydrogens is 338 g/mol. The van der Waals surface area contributed by atoms with Crippen LogP contribution in [0.1, 0.15) is 28.3 Å². The molecule has 0 bridgehead atoms. The molecule has 0 radical (unpaired) electrons. The summed E-state index contributed by atoms with van der Waals surface area (Å²) in [5.74, 6) is 0. The summed E-state index contributed by atoms with van der Waals surface area (Å²) < 4.78 is 0. The summed E-state index contributed by atoms with van der Waals surface area (Å²) in [6, 6.07) is 17.4. The minimum atomic E-state index is 0.105. The minimum Gasteiger partial charge on any atom is -0.352 e. The first-order chi connectivity index (χ1) is 12.6. The second-order valence-corrected chi connectivity index (χ2v) is 7.43. The van der Waals surface area contributed by atoms with E-state index < -0.39 is 0 Å². The number of aryl methyl sites for hydroxylation is 2. The average molecular weight is 362 g/mol. The van der Waals surface area contributed by atoms with E-state index in [1.54, 1.807) is 0 Å². The lowest BCUT2D eigenvalue weighted by atomic mass is 9.89. The zero-order chi connectivity index (χ0) is 18.1. The summed E-state index contributed by atoms with van der Waals surface area (Å²) in [7, 11) is 0. The molecule has 0 fully saturated rings. The lowest BCUT2D eigenvalue weighted by molar-refractivity contribution is 0.614. The molecule has 0 spiro atoms. The molecule has 0 saturated heterocycles. The van der Waals surface area contributed by atoms with Crippen LogP contribution < -0.4 is 16.0 Å². The number of nitrogens with one attached hydrogen (secondary N) is 3. The monoisotopic (exact) mass is 361 g/mol. The number of hydrogen-bond acceptors (Lipinski definition) is 2. The standard InChI is InChI=1S/C22H23N3S/c1-14-3-7-16(8-4-14)11-18-12-23-13-19-20(24-22(26)25-21(18)19)17-9-5-15(2)6-10-17/h3-11,20,23H,12-13H2,1-2H3,(H2,24,25,26)/b18-11+. The van der Waals surface area contributed by atoms with Gasteiger partial charge in [-0.2, -0.15) is 0 Å². The number of benzene rings is 2. The summed E-state index contributed by atoms with van der Waals surface area (Å²) in [5, 5.41) is 11.1. The molecule has 4 rings (SSSR count). The summed E-state index contributed by atoms with van der Waals surface area (Å²) >= 11 is 5.51. The van der Waals surface area contributed by atoms with Gasteiger partial charge in [-0.15, -0.1) is 0 Å². The Bertz CT molecular complexity index is 892. The molecule has 3 N–H and O–H groups in total. The van der Waals surface area contributed by atoms with Crippen molar-refractivity contribution >= 4 is 23.4 Å². The fourth-order valence-electron chi connectivity index (χ4n) is 3.52. The van der Waals surface area contributed by atoms with Crippen LogP contribution in [-0.2, 0) is 0 Å². The summed E-state index contributed by atoms with van der Waals surface area (Å²) in [6.07, 6.45) is 2.24. The van der Waals surface area contributed by atoms with Crippen molar-refractivity contribution in [2.24, 2.45) is 0 Å². The summed E-state index contributed by atoms with van der Waals surface area (Å²) in [6.45, 7) is 5.91. The molecule has 26 heavy (non-hydrogen) atoms. The Morgan fingerprint density at radius 2 is 1.58 bits per heavy atom. The first kappa shape index (κ1) is 17.0. The molecular formula is C22H23N3S. The Labute approximate surface area is 160 Å². The van der Waals surface area contributed by atoms with Crippen LogP contribution in [0.4, 0.5) is 0 Å². The molecule has 1 unspecified atom stereocenters. The predicted molar refractivity (Wildman–Crippen MR) is 112 cm³/mol. The Morgan fingerprint density at radius 3 is 2.27 bits per heavy atom. The van der Waals surface area contributed by atoms with Crippen molar-refractivity contribution < 1.29 is 0 Å². The number of thiocarbonyl (C=S) groups is 1. The van der Waals surface area contributed by atoms with Gasteiger partial charge in [0.25, 0.3) is 0 Å². The molecule has 2 aromatic rings. The minimum absolute atomic E-state index is 0.105. The molecule has 2 heterocycles. The fourth-order valence-corrected chi connectivity index (χ4v) is 3.74. The molecule has 0 aromatic heterocycles. The first-order valence-electron chi connectivity index (χ1n) is 8.95. The third-order valence-electron chi connectivity index (χ3n) is 4.96. The Morgan fingerprint density at radius 1 is 0.923 bits per heavy atom. The molecule has 2 aliphatic rings. The predicted octanol–water partition coefficient (Wildman–Crippen LogP) is 3.76. The van der Waals surface area contributed by atoms with E-state index in [0.29, 0.717) is 5.11 Å². The highest BCUT2D eigenvalue weighted by Crippen LogP contribution is 2.31. The van der Waals surface area contributed by atoms with Crippen LogP contribution in [0, 0.1) is 13.8 Å². The van der Waals surface area contributed by atoms with E-state index in [0.717, 1.165) is 13.1 Å². The van der Waals surface area contributed by atoms with Gasteiger partial charge in [-0.05, 0) is 54.4 Å².